The number of carbonyl (C=O) groups excluding carboxylic acids is 2. The normalized spacial score (nSPS) is 26.6. The molecule has 4 nitrogen and oxygen atoms in total. The van der Waals surface area contributed by atoms with Gasteiger partial charge in [-0.15, -0.1) is 0 Å². The van der Waals surface area contributed by atoms with Gasteiger partial charge in [0.15, 0.2) is 0 Å². The summed E-state index contributed by atoms with van der Waals surface area (Å²) in [4.78, 5) is 25.8. The molecule has 4 heteroatoms. The van der Waals surface area contributed by atoms with Crippen LogP contribution in [0.4, 0.5) is 4.79 Å². The second-order valence-corrected chi connectivity index (χ2v) is 6.28. The molecule has 2 atom stereocenters. The van der Waals surface area contributed by atoms with Crippen molar-refractivity contribution in [2.75, 3.05) is 6.61 Å². The summed E-state index contributed by atoms with van der Waals surface area (Å²) in [5.41, 5.74) is 0. The van der Waals surface area contributed by atoms with Crippen molar-refractivity contribution in [3.63, 3.8) is 0 Å². The Labute approximate surface area is 115 Å². The minimum Gasteiger partial charge on any atom is -0.447 e. The highest BCUT2D eigenvalue weighted by Gasteiger charge is 2.42. The summed E-state index contributed by atoms with van der Waals surface area (Å²) in [6.45, 7) is 6.37. The first kappa shape index (κ1) is 14.4. The highest BCUT2D eigenvalue weighted by molar-refractivity contribution is 5.94. The molecule has 1 unspecified atom stereocenters. The molecule has 1 saturated heterocycles. The Bertz CT molecular complexity index is 347. The van der Waals surface area contributed by atoms with Crippen LogP contribution in [0.3, 0.4) is 0 Å². The van der Waals surface area contributed by atoms with Crippen LogP contribution < -0.4 is 0 Å². The van der Waals surface area contributed by atoms with E-state index in [9.17, 15) is 9.59 Å². The van der Waals surface area contributed by atoms with Crippen molar-refractivity contribution in [1.29, 1.82) is 0 Å². The molecule has 1 aliphatic heterocycles. The molecule has 19 heavy (non-hydrogen) atoms. The van der Waals surface area contributed by atoms with Crippen LogP contribution in [0.5, 0.6) is 0 Å². The van der Waals surface area contributed by atoms with Crippen LogP contribution in [0.15, 0.2) is 0 Å². The first-order chi connectivity index (χ1) is 9.02. The maximum Gasteiger partial charge on any atom is 0.416 e. The van der Waals surface area contributed by atoms with E-state index < -0.39 is 6.09 Å². The van der Waals surface area contributed by atoms with E-state index in [1.54, 1.807) is 0 Å². The fraction of sp³-hybridized carbons (Fsp3) is 0.867. The average Bonchev–Trinajstić information content (AvgIpc) is 2.80. The predicted octanol–water partition coefficient (Wildman–Crippen LogP) is 3.21. The number of amides is 2. The Kier molecular flexibility index (Phi) is 4.48. The summed E-state index contributed by atoms with van der Waals surface area (Å²) >= 11 is 0. The summed E-state index contributed by atoms with van der Waals surface area (Å²) in [7, 11) is 0. The molecular weight excluding hydrogens is 242 g/mol. The van der Waals surface area contributed by atoms with Crippen LogP contribution in [0, 0.1) is 17.8 Å². The molecule has 2 rings (SSSR count). The zero-order valence-electron chi connectivity index (χ0n) is 12.2. The number of hydrogen-bond donors (Lipinski definition) is 0. The van der Waals surface area contributed by atoms with Gasteiger partial charge >= 0.3 is 6.09 Å². The molecule has 0 aromatic carbocycles. The van der Waals surface area contributed by atoms with E-state index >= 15 is 0 Å². The van der Waals surface area contributed by atoms with Crippen LogP contribution in [0.25, 0.3) is 0 Å². The molecule has 0 aromatic rings. The number of ether oxygens (including phenoxy) is 1. The highest BCUT2D eigenvalue weighted by atomic mass is 16.6. The third kappa shape index (κ3) is 2.93. The minimum absolute atomic E-state index is 0.0342. The summed E-state index contributed by atoms with van der Waals surface area (Å²) in [6, 6.07) is -0.0916. The summed E-state index contributed by atoms with van der Waals surface area (Å²) in [6.07, 6.45) is 5.47. The van der Waals surface area contributed by atoms with Crippen molar-refractivity contribution in [3.05, 3.63) is 0 Å². The number of hydrogen-bond acceptors (Lipinski definition) is 3. The van der Waals surface area contributed by atoms with Gasteiger partial charge < -0.3 is 4.74 Å². The second kappa shape index (κ2) is 5.93. The standard InChI is InChI=1S/C15H25NO3/c1-10(2)13-9-19-15(18)16(13)14(17)11(3)12-7-5-4-6-8-12/h10-13H,4-9H2,1-3H3/t11?,13-/m1/s1. The molecule has 2 aliphatic rings. The number of nitrogens with zero attached hydrogens (tertiary/aromatic N) is 1. The average molecular weight is 267 g/mol. The van der Waals surface area contributed by atoms with Crippen molar-refractivity contribution >= 4 is 12.0 Å². The molecule has 0 bridgehead atoms. The first-order valence-corrected chi connectivity index (χ1v) is 7.52. The number of carbonyl (C=O) groups is 2. The molecule has 0 spiro atoms. The van der Waals surface area contributed by atoms with E-state index in [1.165, 1.54) is 24.2 Å². The van der Waals surface area contributed by atoms with E-state index in [1.807, 2.05) is 20.8 Å². The fourth-order valence-electron chi connectivity index (χ4n) is 3.24. The summed E-state index contributed by atoms with van der Waals surface area (Å²) < 4.78 is 5.06. The Morgan fingerprint density at radius 3 is 2.42 bits per heavy atom. The van der Waals surface area contributed by atoms with Crippen LogP contribution >= 0.6 is 0 Å². The zero-order chi connectivity index (χ0) is 14.0. The van der Waals surface area contributed by atoms with E-state index in [0.29, 0.717) is 12.5 Å². The smallest absolute Gasteiger partial charge is 0.416 e. The molecule has 0 aromatic heterocycles. The lowest BCUT2D eigenvalue weighted by atomic mass is 9.80. The van der Waals surface area contributed by atoms with Gasteiger partial charge in [0.25, 0.3) is 0 Å². The molecule has 108 valence electrons. The maximum atomic E-state index is 12.6. The third-order valence-corrected chi connectivity index (χ3v) is 4.66. The third-order valence-electron chi connectivity index (χ3n) is 4.66. The Morgan fingerprint density at radius 1 is 1.21 bits per heavy atom. The summed E-state index contributed by atoms with van der Waals surface area (Å²) in [5, 5.41) is 0. The molecule has 2 fully saturated rings. The van der Waals surface area contributed by atoms with E-state index in [-0.39, 0.29) is 23.8 Å². The van der Waals surface area contributed by atoms with Crippen LogP contribution in [-0.4, -0.2) is 29.5 Å². The predicted molar refractivity (Wildman–Crippen MR) is 72.6 cm³/mol. The van der Waals surface area contributed by atoms with Crippen molar-refractivity contribution in [2.45, 2.75) is 58.9 Å². The lowest BCUT2D eigenvalue weighted by Gasteiger charge is -2.31. The van der Waals surface area contributed by atoms with Gasteiger partial charge in [-0.05, 0) is 24.7 Å². The van der Waals surface area contributed by atoms with Crippen LogP contribution in [0.2, 0.25) is 0 Å². The van der Waals surface area contributed by atoms with Gasteiger partial charge in [-0.2, -0.15) is 0 Å². The lowest BCUT2D eigenvalue weighted by molar-refractivity contribution is -0.135. The molecular formula is C15H25NO3. The highest BCUT2D eigenvalue weighted by Crippen LogP contribution is 2.32. The number of imide groups is 1. The number of cyclic esters (lactones) is 1. The molecule has 0 radical (unpaired) electrons. The fourth-order valence-corrected chi connectivity index (χ4v) is 3.24. The minimum atomic E-state index is -0.452. The first-order valence-electron chi connectivity index (χ1n) is 7.52. The van der Waals surface area contributed by atoms with Gasteiger partial charge in [-0.1, -0.05) is 40.0 Å². The molecule has 0 N–H and O–H groups in total. The van der Waals surface area contributed by atoms with Gasteiger partial charge in [0.1, 0.15) is 6.61 Å². The maximum absolute atomic E-state index is 12.6. The topological polar surface area (TPSA) is 46.6 Å². The zero-order valence-corrected chi connectivity index (χ0v) is 12.2. The Morgan fingerprint density at radius 2 is 1.84 bits per heavy atom. The SMILES string of the molecule is CC(C(=O)N1C(=O)OC[C@@H]1C(C)C)C1CCCCC1. The van der Waals surface area contributed by atoms with Crippen LogP contribution in [-0.2, 0) is 9.53 Å². The Balaban J connectivity index is 2.06. The van der Waals surface area contributed by atoms with Gasteiger partial charge in [-0.25, -0.2) is 9.69 Å². The van der Waals surface area contributed by atoms with E-state index in [2.05, 4.69) is 0 Å². The van der Waals surface area contributed by atoms with Crippen molar-refractivity contribution in [2.24, 2.45) is 17.8 Å². The Hall–Kier alpha value is -1.06. The quantitative estimate of drug-likeness (QED) is 0.789. The van der Waals surface area contributed by atoms with Gasteiger partial charge in [0.2, 0.25) is 5.91 Å². The van der Waals surface area contributed by atoms with Gasteiger partial charge in [0, 0.05) is 5.92 Å². The molecule has 2 amide bonds. The molecule has 1 aliphatic carbocycles. The van der Waals surface area contributed by atoms with E-state index in [4.69, 9.17) is 4.74 Å². The van der Waals surface area contributed by atoms with Gasteiger partial charge in [0.05, 0.1) is 6.04 Å². The largest absolute Gasteiger partial charge is 0.447 e. The summed E-state index contributed by atoms with van der Waals surface area (Å²) in [5.74, 6) is 0.580. The number of rotatable bonds is 3. The molecule has 1 saturated carbocycles. The molecule has 1 heterocycles. The van der Waals surface area contributed by atoms with Crippen molar-refractivity contribution in [3.8, 4) is 0 Å². The lowest BCUT2D eigenvalue weighted by Crippen LogP contribution is -2.46. The van der Waals surface area contributed by atoms with E-state index in [0.717, 1.165) is 12.8 Å². The van der Waals surface area contributed by atoms with Gasteiger partial charge in [-0.3, -0.25) is 4.79 Å². The second-order valence-electron chi connectivity index (χ2n) is 6.28. The monoisotopic (exact) mass is 267 g/mol. The van der Waals surface area contributed by atoms with Crippen LogP contribution in [0.1, 0.15) is 52.9 Å². The van der Waals surface area contributed by atoms with Crippen molar-refractivity contribution < 1.29 is 14.3 Å². The van der Waals surface area contributed by atoms with Crippen molar-refractivity contribution in [1.82, 2.24) is 4.90 Å².